The third-order valence-electron chi connectivity index (χ3n) is 7.98. The topological polar surface area (TPSA) is 88.6 Å². The lowest BCUT2D eigenvalue weighted by Gasteiger charge is -2.43. The van der Waals surface area contributed by atoms with E-state index in [0.29, 0.717) is 62.9 Å². The fourth-order valence-corrected chi connectivity index (χ4v) is 6.13. The Balaban J connectivity index is 1.70. The van der Waals surface area contributed by atoms with Crippen molar-refractivity contribution >= 4 is 35.0 Å². The van der Waals surface area contributed by atoms with Crippen LogP contribution in [0, 0.1) is 0 Å². The summed E-state index contributed by atoms with van der Waals surface area (Å²) in [6.45, 7) is 8.11. The molecule has 10 heteroatoms. The van der Waals surface area contributed by atoms with Crippen LogP contribution in [0.25, 0.3) is 0 Å². The van der Waals surface area contributed by atoms with Gasteiger partial charge in [-0.25, -0.2) is 0 Å². The van der Waals surface area contributed by atoms with Gasteiger partial charge in [0, 0.05) is 51.5 Å². The van der Waals surface area contributed by atoms with Crippen molar-refractivity contribution < 1.29 is 28.6 Å². The molecule has 1 saturated heterocycles. The zero-order chi connectivity index (χ0) is 28.2. The van der Waals surface area contributed by atoms with Gasteiger partial charge in [-0.2, -0.15) is 0 Å². The van der Waals surface area contributed by atoms with E-state index in [1.165, 1.54) is 13.3 Å². The second kappa shape index (κ2) is 12.9. The summed E-state index contributed by atoms with van der Waals surface area (Å²) in [5.74, 6) is -0.671. The predicted molar refractivity (Wildman–Crippen MR) is 150 cm³/mol. The predicted octanol–water partition coefficient (Wildman–Crippen LogP) is 4.29. The second-order valence-corrected chi connectivity index (χ2v) is 11.5. The van der Waals surface area contributed by atoms with Gasteiger partial charge in [0.2, 0.25) is 0 Å². The molecule has 0 radical (unpaired) electrons. The van der Waals surface area contributed by atoms with Crippen molar-refractivity contribution in [1.82, 2.24) is 9.80 Å². The van der Waals surface area contributed by atoms with E-state index in [2.05, 4.69) is 0 Å². The highest BCUT2D eigenvalue weighted by Crippen LogP contribution is 2.43. The van der Waals surface area contributed by atoms with Crippen LogP contribution in [0.1, 0.15) is 76.1 Å². The number of unbranched alkanes of at least 4 members (excludes halogenated alkanes) is 1. The molecule has 0 spiro atoms. The molecular formula is C29H42ClN3O6. The highest BCUT2D eigenvalue weighted by Gasteiger charge is 2.52. The average molecular weight is 564 g/mol. The summed E-state index contributed by atoms with van der Waals surface area (Å²) in [6, 6.07) is 3.43. The first-order valence-corrected chi connectivity index (χ1v) is 14.6. The molecule has 2 fully saturated rings. The SMILES string of the molecule is COCCCCN1C(=O)C(C)(C(=O)N2CCOCC2)Oc2cc(Cl)c(C(=O)N(C(C)C)C3CCCCC3)cc21. The minimum Gasteiger partial charge on any atom is -0.465 e. The molecule has 9 nitrogen and oxygen atoms in total. The number of rotatable bonds is 9. The van der Waals surface area contributed by atoms with Crippen molar-refractivity contribution in [3.63, 3.8) is 0 Å². The summed E-state index contributed by atoms with van der Waals surface area (Å²) in [5, 5.41) is 0.245. The molecule has 216 valence electrons. The van der Waals surface area contributed by atoms with E-state index in [0.717, 1.165) is 32.1 Å². The van der Waals surface area contributed by atoms with Gasteiger partial charge in [0.25, 0.3) is 23.3 Å². The van der Waals surface area contributed by atoms with Crippen LogP contribution in [-0.4, -0.2) is 91.8 Å². The Hall–Kier alpha value is -2.36. The van der Waals surface area contributed by atoms with Gasteiger partial charge in [0.15, 0.2) is 0 Å². The van der Waals surface area contributed by atoms with Gasteiger partial charge in [-0.05, 0) is 52.5 Å². The van der Waals surface area contributed by atoms with E-state index in [4.69, 9.17) is 25.8 Å². The van der Waals surface area contributed by atoms with E-state index in [9.17, 15) is 14.4 Å². The van der Waals surface area contributed by atoms with Crippen molar-refractivity contribution in [2.24, 2.45) is 0 Å². The molecule has 1 aliphatic carbocycles. The number of carbonyl (C=O) groups excluding carboxylic acids is 3. The zero-order valence-corrected chi connectivity index (χ0v) is 24.4. The van der Waals surface area contributed by atoms with E-state index in [1.54, 1.807) is 29.0 Å². The van der Waals surface area contributed by atoms with Crippen molar-refractivity contribution in [1.29, 1.82) is 0 Å². The van der Waals surface area contributed by atoms with Gasteiger partial charge in [-0.15, -0.1) is 0 Å². The molecular weight excluding hydrogens is 522 g/mol. The number of hydrogen-bond acceptors (Lipinski definition) is 6. The molecule has 3 aliphatic rings. The fourth-order valence-electron chi connectivity index (χ4n) is 5.89. The normalized spacial score (nSPS) is 22.1. The Morgan fingerprint density at radius 1 is 1.15 bits per heavy atom. The minimum atomic E-state index is -1.74. The average Bonchev–Trinajstić information content (AvgIpc) is 2.93. The van der Waals surface area contributed by atoms with Gasteiger partial charge in [0.1, 0.15) is 5.75 Å². The van der Waals surface area contributed by atoms with Gasteiger partial charge in [-0.1, -0.05) is 30.9 Å². The third kappa shape index (κ3) is 6.20. The molecule has 1 atom stereocenters. The zero-order valence-electron chi connectivity index (χ0n) is 23.7. The Labute approximate surface area is 236 Å². The van der Waals surface area contributed by atoms with Crippen molar-refractivity contribution in [2.45, 2.75) is 83.4 Å². The lowest BCUT2D eigenvalue weighted by atomic mass is 9.92. The molecule has 1 unspecified atom stereocenters. The van der Waals surface area contributed by atoms with E-state index in [1.807, 2.05) is 18.7 Å². The first kappa shape index (κ1) is 29.6. The number of ether oxygens (including phenoxy) is 3. The van der Waals surface area contributed by atoms with Gasteiger partial charge >= 0.3 is 0 Å². The maximum absolute atomic E-state index is 14.0. The van der Waals surface area contributed by atoms with Gasteiger partial charge in [0.05, 0.1) is 29.5 Å². The first-order valence-electron chi connectivity index (χ1n) is 14.2. The molecule has 3 amide bonds. The summed E-state index contributed by atoms with van der Waals surface area (Å²) >= 11 is 6.74. The second-order valence-electron chi connectivity index (χ2n) is 11.1. The monoisotopic (exact) mass is 563 g/mol. The first-order chi connectivity index (χ1) is 18.7. The number of amides is 3. The highest BCUT2D eigenvalue weighted by molar-refractivity contribution is 6.34. The number of benzene rings is 1. The third-order valence-corrected chi connectivity index (χ3v) is 8.30. The van der Waals surface area contributed by atoms with Gasteiger partial charge in [-0.3, -0.25) is 14.4 Å². The van der Waals surface area contributed by atoms with Crippen LogP contribution in [0.15, 0.2) is 12.1 Å². The highest BCUT2D eigenvalue weighted by atomic mass is 35.5. The molecule has 1 saturated carbocycles. The molecule has 0 bridgehead atoms. The number of nitrogens with zero attached hydrogens (tertiary/aromatic N) is 3. The number of carbonyl (C=O) groups is 3. The summed E-state index contributed by atoms with van der Waals surface area (Å²) in [5.41, 5.74) is -0.937. The largest absolute Gasteiger partial charge is 0.465 e. The summed E-state index contributed by atoms with van der Waals surface area (Å²) in [7, 11) is 1.64. The number of hydrogen-bond donors (Lipinski definition) is 0. The van der Waals surface area contributed by atoms with Crippen molar-refractivity contribution in [2.75, 3.05) is 51.5 Å². The number of methoxy groups -OCH3 is 1. The standard InChI is InChI=1S/C29H42ClN3O6/c1-20(2)33(21-10-6-5-7-11-21)26(34)22-18-24-25(19-23(22)30)39-29(3,27(35)31-13-16-38-17-14-31)28(36)32(24)12-8-9-15-37-4/h18-21H,5-17H2,1-4H3. The molecule has 0 aromatic heterocycles. The molecule has 1 aromatic carbocycles. The number of fused-ring (bicyclic) bond motifs is 1. The van der Waals surface area contributed by atoms with Gasteiger partial charge < -0.3 is 28.9 Å². The molecule has 4 rings (SSSR count). The smallest absolute Gasteiger partial charge is 0.280 e. The van der Waals surface area contributed by atoms with Crippen LogP contribution in [0.4, 0.5) is 5.69 Å². The van der Waals surface area contributed by atoms with Crippen LogP contribution >= 0.6 is 11.6 Å². The minimum absolute atomic E-state index is 0.00478. The molecule has 0 N–H and O–H groups in total. The van der Waals surface area contributed by atoms with Crippen molar-refractivity contribution in [3.05, 3.63) is 22.7 Å². The lowest BCUT2D eigenvalue weighted by molar-refractivity contribution is -0.158. The Bertz CT molecular complexity index is 1050. The fraction of sp³-hybridized carbons (Fsp3) is 0.690. The van der Waals surface area contributed by atoms with Crippen LogP contribution in [0.3, 0.4) is 0 Å². The maximum atomic E-state index is 14.0. The van der Waals surface area contributed by atoms with Crippen LogP contribution in [-0.2, 0) is 19.1 Å². The molecule has 1 aromatic rings. The summed E-state index contributed by atoms with van der Waals surface area (Å²) in [4.78, 5) is 46.6. The number of halogens is 1. The van der Waals surface area contributed by atoms with Crippen LogP contribution < -0.4 is 9.64 Å². The molecule has 2 aliphatic heterocycles. The molecule has 2 heterocycles. The Kier molecular flexibility index (Phi) is 9.78. The quantitative estimate of drug-likeness (QED) is 0.329. The maximum Gasteiger partial charge on any atom is 0.280 e. The number of morpholine rings is 1. The van der Waals surface area contributed by atoms with Crippen molar-refractivity contribution in [3.8, 4) is 5.75 Å². The van der Waals surface area contributed by atoms with Crippen LogP contribution in [0.5, 0.6) is 5.75 Å². The Morgan fingerprint density at radius 3 is 2.49 bits per heavy atom. The van der Waals surface area contributed by atoms with E-state index >= 15 is 0 Å². The summed E-state index contributed by atoms with van der Waals surface area (Å²) in [6.07, 6.45) is 6.75. The number of anilines is 1. The summed E-state index contributed by atoms with van der Waals surface area (Å²) < 4.78 is 16.8. The van der Waals surface area contributed by atoms with E-state index in [-0.39, 0.29) is 23.0 Å². The Morgan fingerprint density at radius 2 is 1.85 bits per heavy atom. The molecule has 39 heavy (non-hydrogen) atoms. The van der Waals surface area contributed by atoms with Crippen LogP contribution in [0.2, 0.25) is 5.02 Å². The lowest BCUT2D eigenvalue weighted by Crippen LogP contribution is -2.64. The van der Waals surface area contributed by atoms with E-state index < -0.39 is 17.4 Å².